The van der Waals surface area contributed by atoms with E-state index in [0.29, 0.717) is 79.6 Å². The maximum Gasteiger partial charge on any atom is 0.416 e. The molecule has 3 aliphatic heterocycles. The molecule has 0 aliphatic carbocycles. The number of rotatable bonds is 28. The van der Waals surface area contributed by atoms with Crippen molar-refractivity contribution in [2.75, 3.05) is 45.8 Å². The Balaban J connectivity index is 0.000000212. The third kappa shape index (κ3) is 28.9. The molecule has 0 spiro atoms. The van der Waals surface area contributed by atoms with Gasteiger partial charge < -0.3 is 0 Å². The molecule has 0 saturated carbocycles. The van der Waals surface area contributed by atoms with Crippen molar-refractivity contribution in [1.82, 2.24) is 14.7 Å². The van der Waals surface area contributed by atoms with Crippen molar-refractivity contribution in [3.63, 3.8) is 0 Å². The summed E-state index contributed by atoms with van der Waals surface area (Å²) in [6, 6.07) is 41.9. The molecule has 11 rings (SSSR count). The molecule has 0 radical (unpaired) electrons. The minimum Gasteiger partial charge on any atom is -0.300 e. The molecule has 4 unspecified atom stereocenters. The summed E-state index contributed by atoms with van der Waals surface area (Å²) < 4.78 is 212. The van der Waals surface area contributed by atoms with Gasteiger partial charge in [-0.15, -0.1) is 0 Å². The number of carbonyl (C=O) groups is 3. The number of likely N-dealkylation sites (tertiary alicyclic amines) is 3. The van der Waals surface area contributed by atoms with Crippen LogP contribution in [0.2, 0.25) is 0 Å². The Kier molecular flexibility index (Phi) is 34.5. The molecule has 3 fully saturated rings. The second kappa shape index (κ2) is 43.2. The molecule has 6 nitrogen and oxygen atoms in total. The molecule has 8 aromatic rings. The average molecular weight is 1740 g/mol. The van der Waals surface area contributed by atoms with Crippen LogP contribution >= 0.6 is 0 Å². The molecule has 3 heterocycles. The molecule has 0 N–H and O–H groups in total. The Morgan fingerprint density at radius 1 is 0.347 bits per heavy atom. The summed E-state index contributed by atoms with van der Waals surface area (Å²) in [5.41, 5.74) is 7.72. The van der Waals surface area contributed by atoms with Crippen LogP contribution < -0.4 is 0 Å². The van der Waals surface area contributed by atoms with Gasteiger partial charge in [0.05, 0.1) is 27.8 Å². The summed E-state index contributed by atoms with van der Waals surface area (Å²) in [4.78, 5) is 44.9. The van der Waals surface area contributed by atoms with Gasteiger partial charge in [0.25, 0.3) is 0 Å². The number of piperidine rings is 3. The maximum atomic E-state index is 13.9. The van der Waals surface area contributed by atoms with Gasteiger partial charge in [0, 0.05) is 36.9 Å². The molecular weight excluding hydrogens is 1620 g/mol. The Hall–Kier alpha value is -8.73. The fourth-order valence-electron chi connectivity index (χ4n) is 17.4. The van der Waals surface area contributed by atoms with Gasteiger partial charge in [-0.3, -0.25) is 29.1 Å². The fourth-order valence-corrected chi connectivity index (χ4v) is 17.4. The first-order valence-electron chi connectivity index (χ1n) is 43.4. The number of benzene rings is 8. The lowest BCUT2D eigenvalue weighted by Gasteiger charge is -2.39. The van der Waals surface area contributed by atoms with Crippen molar-refractivity contribution < 1.29 is 84.6 Å². The van der Waals surface area contributed by atoms with Crippen LogP contribution in [0.5, 0.6) is 0 Å². The Bertz CT molecular complexity index is 4800. The van der Waals surface area contributed by atoms with Crippen molar-refractivity contribution >= 4 is 17.3 Å². The highest BCUT2D eigenvalue weighted by Gasteiger charge is 2.38. The van der Waals surface area contributed by atoms with Gasteiger partial charge in [0.1, 0.15) is 23.2 Å². The normalized spacial score (nSPS) is 16.5. The molecule has 3 saturated heterocycles. The number of nitrogens with zero attached hydrogens (tertiary/aromatic N) is 3. The monoisotopic (exact) mass is 1740 g/mol. The average Bonchev–Trinajstić information content (AvgIpc) is 0.803. The van der Waals surface area contributed by atoms with E-state index in [1.807, 2.05) is 55.1 Å². The van der Waals surface area contributed by atoms with Gasteiger partial charge in [-0.2, -0.15) is 65.9 Å². The zero-order valence-corrected chi connectivity index (χ0v) is 73.3. The summed E-state index contributed by atoms with van der Waals surface area (Å²) in [6.07, 6.45) is -8.82. The summed E-state index contributed by atoms with van der Waals surface area (Å²) in [5.74, 6) is 0.935. The van der Waals surface area contributed by atoms with Crippen LogP contribution in [0.1, 0.15) is 275 Å². The highest BCUT2D eigenvalue weighted by atomic mass is 19.4. The predicted molar refractivity (Wildman–Crippen MR) is 462 cm³/mol. The number of carbonyl (C=O) groups excluding carboxylic acids is 3. The summed E-state index contributed by atoms with van der Waals surface area (Å²) in [6.45, 7) is 31.7. The minimum absolute atomic E-state index is 0.00723. The molecule has 22 heteroatoms. The van der Waals surface area contributed by atoms with Crippen molar-refractivity contribution in [2.24, 2.45) is 29.6 Å². The zero-order chi connectivity index (χ0) is 91.1. The SMILES string of the molecule is CC(=O)C(CC(C)C)c1cc(-c2ccc(C(F)(F)F)cc2)cc(C2CCN(C(CCC(C)C)c3ccc(C(F)(F)F)cc3)CC2)c1.CC(=O)C(CC(C)C)c1cc(-c2ccc(C(F)(F)F)cc2)cc(C2CCN(C/C=C/C(C)C)CC2)c1.CC(=O)C(CC(C)C)c1cc(-c2ccc(C(F)(F)F)cc2)cc(C2CCN(Cc3cc(F)cc(C(F)(F)F)c3)CC2)c1. The topological polar surface area (TPSA) is 60.9 Å². The first-order valence-corrected chi connectivity index (χ1v) is 43.4. The quantitative estimate of drug-likeness (QED) is 0.0360. The summed E-state index contributed by atoms with van der Waals surface area (Å²) >= 11 is 0. The second-order valence-corrected chi connectivity index (χ2v) is 36.3. The van der Waals surface area contributed by atoms with E-state index in [4.69, 9.17) is 0 Å². The molecule has 8 aromatic carbocycles. The minimum atomic E-state index is -4.63. The van der Waals surface area contributed by atoms with E-state index in [0.717, 1.165) is 182 Å². The van der Waals surface area contributed by atoms with Gasteiger partial charge in [-0.1, -0.05) is 185 Å². The van der Waals surface area contributed by atoms with Crippen LogP contribution in [0, 0.1) is 35.4 Å². The van der Waals surface area contributed by atoms with E-state index >= 15 is 0 Å². The molecule has 4 atom stereocenters. The highest BCUT2D eigenvalue weighted by molar-refractivity contribution is 5.86. The third-order valence-electron chi connectivity index (χ3n) is 24.1. The molecule has 0 aromatic heterocycles. The van der Waals surface area contributed by atoms with Crippen molar-refractivity contribution in [3.05, 3.63) is 260 Å². The van der Waals surface area contributed by atoms with Crippen LogP contribution in [0.4, 0.5) is 70.2 Å². The van der Waals surface area contributed by atoms with Crippen LogP contribution in [-0.2, 0) is 51.8 Å². The van der Waals surface area contributed by atoms with E-state index in [1.54, 1.807) is 45.0 Å². The Labute approximate surface area is 721 Å². The van der Waals surface area contributed by atoms with Gasteiger partial charge in [0.15, 0.2) is 0 Å². The lowest BCUT2D eigenvalue weighted by molar-refractivity contribution is -0.138. The number of allylic oxidation sites excluding steroid dienone is 1. The Morgan fingerprint density at radius 2 is 0.661 bits per heavy atom. The Morgan fingerprint density at radius 3 is 0.960 bits per heavy atom. The van der Waals surface area contributed by atoms with Gasteiger partial charge in [-0.05, 0) is 323 Å². The fraction of sp³-hybridized carbons (Fsp3) is 0.480. The molecular formula is C102H119F16N3O3. The van der Waals surface area contributed by atoms with E-state index < -0.39 is 64.5 Å². The molecule has 0 amide bonds. The predicted octanol–water partition coefficient (Wildman–Crippen LogP) is 29.6. The van der Waals surface area contributed by atoms with E-state index in [1.165, 1.54) is 42.0 Å². The van der Waals surface area contributed by atoms with Crippen molar-refractivity contribution in [3.8, 4) is 33.4 Å². The number of alkyl halides is 15. The highest BCUT2D eigenvalue weighted by Crippen LogP contribution is 2.45. The zero-order valence-electron chi connectivity index (χ0n) is 73.3. The number of halogens is 16. The number of ketones is 3. The van der Waals surface area contributed by atoms with Gasteiger partial charge in [-0.25, -0.2) is 4.39 Å². The van der Waals surface area contributed by atoms with Gasteiger partial charge in [0.2, 0.25) is 0 Å². The molecule has 3 aliphatic rings. The lowest BCUT2D eigenvalue weighted by atomic mass is 9.81. The standard InChI is InChI=1S/C38H45F6NO.C33H34F7NO.C31H40F3NO/c1-24(2)6-15-36(29-9-13-34(14-10-29)38(42,43)44)45-18-16-28(17-19-45)31-21-30(27-7-11-33(12-8-27)37(39,40)41)22-32(23-31)35(26(5)46)20-25(3)4;1-20(2)12-31(21(3)42)27-16-25(23-4-6-28(7-5-23)32(35,36)37)15-26(17-27)24-8-10-41(11-9-24)19-22-13-29(33(38,39)40)18-30(34)14-22;1-21(2)7-6-14-35-15-12-25(13-16-35)27-18-26(24-8-10-29(11-9-24)31(32,33)34)19-28(20-27)30(23(5)36)17-22(3)4/h7-14,21-25,28,35-36H,6,15-20H2,1-5H3;4-7,13-18,20,24,31H,8-12,19H2,1-3H3;6-11,18-22,25,30H,12-17H2,1-5H3/b;;7-6+. The molecule has 124 heavy (non-hydrogen) atoms. The first-order chi connectivity index (χ1) is 58.1. The van der Waals surface area contributed by atoms with Crippen LogP contribution in [-0.4, -0.2) is 77.9 Å². The number of hydrogen-bond donors (Lipinski definition) is 0. The summed E-state index contributed by atoms with van der Waals surface area (Å²) in [7, 11) is 0. The second-order valence-electron chi connectivity index (χ2n) is 36.3. The van der Waals surface area contributed by atoms with Crippen LogP contribution in [0.3, 0.4) is 0 Å². The first kappa shape index (κ1) is 99.1. The maximum absolute atomic E-state index is 13.9. The van der Waals surface area contributed by atoms with Crippen molar-refractivity contribution in [1.29, 1.82) is 0 Å². The number of hydrogen-bond acceptors (Lipinski definition) is 6. The smallest absolute Gasteiger partial charge is 0.300 e. The number of Topliss-reactive ketones (excluding diaryl/α,β-unsaturated/α-hetero) is 3. The molecule has 672 valence electrons. The van der Waals surface area contributed by atoms with Gasteiger partial charge >= 0.3 is 30.9 Å². The van der Waals surface area contributed by atoms with Crippen molar-refractivity contribution in [2.45, 2.75) is 240 Å². The van der Waals surface area contributed by atoms with E-state index in [9.17, 15) is 84.6 Å². The van der Waals surface area contributed by atoms with Crippen LogP contribution in [0.25, 0.3) is 33.4 Å². The van der Waals surface area contributed by atoms with E-state index in [-0.39, 0.29) is 76.9 Å². The third-order valence-corrected chi connectivity index (χ3v) is 24.1. The molecule has 0 bridgehead atoms. The van der Waals surface area contributed by atoms with Crippen LogP contribution in [0.15, 0.2) is 182 Å². The summed E-state index contributed by atoms with van der Waals surface area (Å²) in [5, 5.41) is 0. The largest absolute Gasteiger partial charge is 0.416 e. The van der Waals surface area contributed by atoms with E-state index in [2.05, 4.69) is 95.5 Å². The lowest BCUT2D eigenvalue weighted by Crippen LogP contribution is -2.36.